The first-order valence-electron chi connectivity index (χ1n) is 10.1. The molecular formula is C20H27F3N6O3S. The fourth-order valence-corrected chi connectivity index (χ4v) is 3.45. The van der Waals surface area contributed by atoms with E-state index in [2.05, 4.69) is 37.5 Å². The van der Waals surface area contributed by atoms with Crippen LogP contribution in [0.5, 0.6) is 0 Å². The Bertz CT molecular complexity index is 889. The molecule has 1 aliphatic heterocycles. The zero-order valence-corrected chi connectivity index (χ0v) is 19.1. The number of rotatable bonds is 7. The normalized spacial score (nSPS) is 14.9. The van der Waals surface area contributed by atoms with Gasteiger partial charge in [-0.25, -0.2) is 9.78 Å². The molecule has 0 saturated carbocycles. The number of carbonyl (C=O) groups is 2. The third kappa shape index (κ3) is 8.57. The zero-order chi connectivity index (χ0) is 24.4. The van der Waals surface area contributed by atoms with Gasteiger partial charge in [-0.1, -0.05) is 18.2 Å². The van der Waals surface area contributed by atoms with E-state index >= 15 is 0 Å². The van der Waals surface area contributed by atoms with Crippen molar-refractivity contribution in [2.24, 2.45) is 0 Å². The van der Waals surface area contributed by atoms with Crippen LogP contribution < -0.4 is 10.2 Å². The van der Waals surface area contributed by atoms with Crippen LogP contribution in [-0.4, -0.2) is 81.7 Å². The third-order valence-corrected chi connectivity index (χ3v) is 5.31. The second-order valence-corrected chi connectivity index (χ2v) is 8.05. The second-order valence-electron chi connectivity index (χ2n) is 7.18. The summed E-state index contributed by atoms with van der Waals surface area (Å²) in [7, 11) is 0. The number of aliphatic carboxylic acids is 1. The highest BCUT2D eigenvalue weighted by atomic mass is 32.2. The summed E-state index contributed by atoms with van der Waals surface area (Å²) in [6.45, 7) is 5.61. The number of nitrogens with one attached hydrogen (secondary N) is 2. The number of benzene rings is 1. The first kappa shape index (κ1) is 26.5. The quantitative estimate of drug-likeness (QED) is 0.543. The van der Waals surface area contributed by atoms with Crippen LogP contribution in [0.1, 0.15) is 18.6 Å². The highest BCUT2D eigenvalue weighted by Gasteiger charge is 2.38. The molecule has 0 spiro atoms. The van der Waals surface area contributed by atoms with Crippen molar-refractivity contribution in [2.45, 2.75) is 31.4 Å². The number of alkyl halides is 3. The SMILES string of the molecule is CSCc1nc(CNC(C)C(=O)N2CCN(c3ccccc3)CC2)n[nH]1.O=C(O)C(F)(F)F. The molecule has 13 heteroatoms. The Kier molecular flexibility index (Phi) is 9.97. The van der Waals surface area contributed by atoms with E-state index in [0.717, 1.165) is 37.8 Å². The molecule has 1 aromatic carbocycles. The number of piperazine rings is 1. The van der Waals surface area contributed by atoms with Gasteiger partial charge in [0.1, 0.15) is 5.82 Å². The number of aromatic nitrogens is 3. The van der Waals surface area contributed by atoms with E-state index in [1.54, 1.807) is 11.8 Å². The number of anilines is 1. The maximum absolute atomic E-state index is 12.7. The summed E-state index contributed by atoms with van der Waals surface area (Å²) in [5.41, 5.74) is 1.22. The minimum Gasteiger partial charge on any atom is -0.475 e. The minimum absolute atomic E-state index is 0.137. The van der Waals surface area contributed by atoms with Crippen molar-refractivity contribution < 1.29 is 27.9 Å². The van der Waals surface area contributed by atoms with Gasteiger partial charge in [0.15, 0.2) is 5.82 Å². The van der Waals surface area contributed by atoms with Gasteiger partial charge in [-0.05, 0) is 25.3 Å². The highest BCUT2D eigenvalue weighted by Crippen LogP contribution is 2.16. The standard InChI is InChI=1S/C18H26N6OS.C2HF3O2/c1-14(19-12-16-20-17(13-26-2)22-21-16)18(25)24-10-8-23(9-11-24)15-6-4-3-5-7-15;3-2(4,5)1(6)7/h3-7,14,19H,8-13H2,1-2H3,(H,20,21,22);(H,6,7). The van der Waals surface area contributed by atoms with Gasteiger partial charge in [-0.15, -0.1) is 0 Å². The lowest BCUT2D eigenvalue weighted by Crippen LogP contribution is -2.53. The maximum atomic E-state index is 12.7. The Morgan fingerprint density at radius 1 is 1.21 bits per heavy atom. The smallest absolute Gasteiger partial charge is 0.475 e. The molecule has 182 valence electrons. The molecule has 1 atom stereocenters. The summed E-state index contributed by atoms with van der Waals surface area (Å²) in [5.74, 6) is -0.245. The largest absolute Gasteiger partial charge is 0.490 e. The lowest BCUT2D eigenvalue weighted by molar-refractivity contribution is -0.192. The van der Waals surface area contributed by atoms with Crippen molar-refractivity contribution in [2.75, 3.05) is 37.3 Å². The van der Waals surface area contributed by atoms with Gasteiger partial charge in [0.05, 0.1) is 18.3 Å². The summed E-state index contributed by atoms with van der Waals surface area (Å²) in [5, 5.41) is 17.5. The van der Waals surface area contributed by atoms with Gasteiger partial charge >= 0.3 is 12.1 Å². The van der Waals surface area contributed by atoms with Crippen LogP contribution >= 0.6 is 11.8 Å². The van der Waals surface area contributed by atoms with E-state index in [1.807, 2.05) is 36.3 Å². The number of carboxylic acid groups (broad SMARTS) is 1. The molecule has 33 heavy (non-hydrogen) atoms. The predicted octanol–water partition coefficient (Wildman–Crippen LogP) is 2.13. The van der Waals surface area contributed by atoms with Gasteiger partial charge in [-0.3, -0.25) is 15.2 Å². The molecule has 9 nitrogen and oxygen atoms in total. The zero-order valence-electron chi connectivity index (χ0n) is 18.3. The van der Waals surface area contributed by atoms with E-state index in [-0.39, 0.29) is 11.9 Å². The van der Waals surface area contributed by atoms with Crippen molar-refractivity contribution in [1.82, 2.24) is 25.4 Å². The van der Waals surface area contributed by atoms with Crippen molar-refractivity contribution in [3.63, 3.8) is 0 Å². The highest BCUT2D eigenvalue weighted by molar-refractivity contribution is 7.97. The molecule has 1 fully saturated rings. The van der Waals surface area contributed by atoms with Crippen molar-refractivity contribution in [3.8, 4) is 0 Å². The molecule has 1 aromatic heterocycles. The molecule has 2 aromatic rings. The number of halogens is 3. The number of aromatic amines is 1. The van der Waals surface area contributed by atoms with Crippen LogP contribution in [-0.2, 0) is 21.9 Å². The lowest BCUT2D eigenvalue weighted by Gasteiger charge is -2.37. The molecule has 1 unspecified atom stereocenters. The summed E-state index contributed by atoms with van der Waals surface area (Å²) >= 11 is 1.70. The van der Waals surface area contributed by atoms with Crippen LogP contribution in [0.25, 0.3) is 0 Å². The number of H-pyrrole nitrogens is 1. The van der Waals surface area contributed by atoms with Crippen molar-refractivity contribution in [1.29, 1.82) is 0 Å². The van der Waals surface area contributed by atoms with Gasteiger partial charge in [0, 0.05) is 31.9 Å². The van der Waals surface area contributed by atoms with Gasteiger partial charge in [0.25, 0.3) is 0 Å². The van der Waals surface area contributed by atoms with Crippen LogP contribution in [0, 0.1) is 0 Å². The van der Waals surface area contributed by atoms with Crippen molar-refractivity contribution >= 4 is 29.3 Å². The maximum Gasteiger partial charge on any atom is 0.490 e. The molecule has 2 heterocycles. The molecule has 3 N–H and O–H groups in total. The first-order valence-corrected chi connectivity index (χ1v) is 11.5. The van der Waals surface area contributed by atoms with Crippen LogP contribution in [0.3, 0.4) is 0 Å². The Morgan fingerprint density at radius 2 is 1.82 bits per heavy atom. The molecule has 0 radical (unpaired) electrons. The monoisotopic (exact) mass is 488 g/mol. The number of thioether (sulfide) groups is 1. The van der Waals surface area contributed by atoms with E-state index in [9.17, 15) is 18.0 Å². The topological polar surface area (TPSA) is 114 Å². The average molecular weight is 489 g/mol. The number of para-hydroxylation sites is 1. The van der Waals surface area contributed by atoms with E-state index in [4.69, 9.17) is 9.90 Å². The fourth-order valence-electron chi connectivity index (χ4n) is 3.04. The molecule has 0 aliphatic carbocycles. The van der Waals surface area contributed by atoms with Crippen molar-refractivity contribution in [3.05, 3.63) is 42.0 Å². The minimum atomic E-state index is -5.08. The van der Waals surface area contributed by atoms with Gasteiger partial charge < -0.3 is 14.9 Å². The number of hydrogen-bond donors (Lipinski definition) is 3. The van der Waals surface area contributed by atoms with Gasteiger partial charge in [-0.2, -0.15) is 30.0 Å². The Labute approximate surface area is 193 Å². The van der Waals surface area contributed by atoms with E-state index in [0.29, 0.717) is 12.4 Å². The first-order chi connectivity index (χ1) is 15.6. The Hall–Kier alpha value is -2.80. The van der Waals surface area contributed by atoms with Crippen LogP contribution in [0.15, 0.2) is 30.3 Å². The number of hydrogen-bond acceptors (Lipinski definition) is 7. The molecule has 0 bridgehead atoms. The number of carbonyl (C=O) groups excluding carboxylic acids is 1. The number of amides is 1. The molecule has 1 amide bonds. The summed E-state index contributed by atoms with van der Waals surface area (Å²) in [6, 6.07) is 10.1. The van der Waals surface area contributed by atoms with Gasteiger partial charge in [0.2, 0.25) is 5.91 Å². The molecule has 3 rings (SSSR count). The summed E-state index contributed by atoms with van der Waals surface area (Å²) in [6.07, 6.45) is -3.06. The van der Waals surface area contributed by atoms with Crippen LogP contribution in [0.4, 0.5) is 18.9 Å². The van der Waals surface area contributed by atoms with Crippen LogP contribution in [0.2, 0.25) is 0 Å². The summed E-state index contributed by atoms with van der Waals surface area (Å²) in [4.78, 5) is 30.2. The Morgan fingerprint density at radius 3 is 2.36 bits per heavy atom. The van der Waals surface area contributed by atoms with E-state index in [1.165, 1.54) is 5.69 Å². The summed E-state index contributed by atoms with van der Waals surface area (Å²) < 4.78 is 31.7. The number of carboxylic acids is 1. The molecular weight excluding hydrogens is 461 g/mol. The molecule has 1 aliphatic rings. The lowest BCUT2D eigenvalue weighted by atomic mass is 10.2. The fraction of sp³-hybridized carbons (Fsp3) is 0.500. The Balaban J connectivity index is 0.000000479. The number of nitrogens with zero attached hydrogens (tertiary/aromatic N) is 4. The third-order valence-electron chi connectivity index (χ3n) is 4.75. The second kappa shape index (κ2) is 12.4. The predicted molar refractivity (Wildman–Crippen MR) is 119 cm³/mol. The molecule has 1 saturated heterocycles. The average Bonchev–Trinajstić information content (AvgIpc) is 3.25. The van der Waals surface area contributed by atoms with E-state index < -0.39 is 12.1 Å².